The summed E-state index contributed by atoms with van der Waals surface area (Å²) in [7, 11) is -1.18. The van der Waals surface area contributed by atoms with Gasteiger partial charge in [0.1, 0.15) is 5.15 Å². The molecule has 0 radical (unpaired) electrons. The molecule has 1 aromatic rings. The van der Waals surface area contributed by atoms with Gasteiger partial charge in [0.2, 0.25) is 0 Å². The fourth-order valence-corrected chi connectivity index (χ4v) is 2.83. The van der Waals surface area contributed by atoms with Crippen LogP contribution in [0.5, 0.6) is 0 Å². The number of halogens is 2. The van der Waals surface area contributed by atoms with E-state index in [1.807, 2.05) is 14.0 Å². The number of aromatic nitrogens is 1. The summed E-state index contributed by atoms with van der Waals surface area (Å²) in [5.74, 6) is 0.778. The number of hydrogen-bond acceptors (Lipinski definition) is 3. The molecule has 2 N–H and O–H groups in total. The molecule has 126 valence electrons. The highest BCUT2D eigenvalue weighted by atomic mass is 35.5. The van der Waals surface area contributed by atoms with E-state index in [2.05, 4.69) is 15.6 Å². The fraction of sp³-hybridized carbons (Fsp3) is 0.615. The van der Waals surface area contributed by atoms with Crippen LogP contribution in [0.15, 0.2) is 11.1 Å². The minimum atomic E-state index is -2.99. The first-order chi connectivity index (χ1) is 10.3. The highest BCUT2D eigenvalue weighted by Crippen LogP contribution is 2.25. The minimum Gasteiger partial charge on any atom is -0.357 e. The van der Waals surface area contributed by atoms with E-state index in [1.165, 1.54) is 0 Å². The molecule has 0 aliphatic rings. The van der Waals surface area contributed by atoms with E-state index in [9.17, 15) is 8.42 Å². The average molecular weight is 369 g/mol. The number of rotatable bonds is 7. The van der Waals surface area contributed by atoms with Gasteiger partial charge in [-0.15, -0.1) is 0 Å². The van der Waals surface area contributed by atoms with E-state index in [0.717, 1.165) is 5.69 Å². The molecule has 0 saturated heterocycles. The van der Waals surface area contributed by atoms with Crippen LogP contribution in [0.2, 0.25) is 10.2 Å². The molecular weight excluding hydrogens is 347 g/mol. The van der Waals surface area contributed by atoms with Crippen molar-refractivity contribution in [3.05, 3.63) is 21.9 Å². The van der Waals surface area contributed by atoms with Gasteiger partial charge in [0.25, 0.3) is 0 Å². The van der Waals surface area contributed by atoms with Crippen LogP contribution in [0.25, 0.3) is 0 Å². The summed E-state index contributed by atoms with van der Waals surface area (Å²) < 4.78 is 24.7. The number of aliphatic imine (C=N–C) groups is 1. The van der Waals surface area contributed by atoms with Gasteiger partial charge in [0, 0.05) is 31.6 Å². The second-order valence-electron chi connectivity index (χ2n) is 4.69. The second kappa shape index (κ2) is 8.64. The molecule has 6 nitrogen and oxygen atoms in total. The molecule has 0 fully saturated rings. The highest BCUT2D eigenvalue weighted by Gasteiger charge is 2.10. The summed E-state index contributed by atoms with van der Waals surface area (Å²) in [5.41, 5.74) is 0.869. The highest BCUT2D eigenvalue weighted by molar-refractivity contribution is 7.91. The van der Waals surface area contributed by atoms with Gasteiger partial charge in [-0.1, -0.05) is 30.1 Å². The Balaban J connectivity index is 2.67. The predicted molar refractivity (Wildman–Crippen MR) is 92.6 cm³/mol. The van der Waals surface area contributed by atoms with Crippen LogP contribution in [0.4, 0.5) is 0 Å². The molecule has 0 unspecified atom stereocenters. The predicted octanol–water partition coefficient (Wildman–Crippen LogP) is 1.82. The first-order valence-electron chi connectivity index (χ1n) is 7.03. The lowest BCUT2D eigenvalue weighted by atomic mass is 10.4. The molecule has 1 heterocycles. The molecular formula is C13H22Cl2N4O2S. The standard InChI is InChI=1S/C13H22Cl2N4O2S/c1-4-16-13(17-6-7-22(20,21)5-2)18-9-10-8-11(14)12(15)19(10)3/h8H,4-7,9H2,1-3H3,(H2,16,17,18). The Labute approximate surface area is 141 Å². The zero-order valence-electron chi connectivity index (χ0n) is 13.0. The molecule has 9 heteroatoms. The molecule has 0 saturated carbocycles. The van der Waals surface area contributed by atoms with Crippen molar-refractivity contribution in [2.24, 2.45) is 12.0 Å². The normalized spacial score (nSPS) is 12.5. The summed E-state index contributed by atoms with van der Waals surface area (Å²) in [6.07, 6.45) is 0. The number of sulfone groups is 1. The van der Waals surface area contributed by atoms with E-state index in [4.69, 9.17) is 23.2 Å². The first-order valence-corrected chi connectivity index (χ1v) is 9.60. The topological polar surface area (TPSA) is 75.5 Å². The van der Waals surface area contributed by atoms with Crippen LogP contribution >= 0.6 is 23.2 Å². The monoisotopic (exact) mass is 368 g/mol. The van der Waals surface area contributed by atoms with Crippen LogP contribution in [0, 0.1) is 0 Å². The van der Waals surface area contributed by atoms with Crippen molar-refractivity contribution in [3.8, 4) is 0 Å². The van der Waals surface area contributed by atoms with Crippen molar-refractivity contribution < 1.29 is 8.42 Å². The van der Waals surface area contributed by atoms with Crippen molar-refractivity contribution >= 4 is 39.0 Å². The lowest BCUT2D eigenvalue weighted by Gasteiger charge is -2.11. The third-order valence-corrected chi connectivity index (χ3v) is 5.65. The van der Waals surface area contributed by atoms with Gasteiger partial charge in [-0.3, -0.25) is 0 Å². The maximum Gasteiger partial charge on any atom is 0.191 e. The van der Waals surface area contributed by atoms with E-state index >= 15 is 0 Å². The smallest absolute Gasteiger partial charge is 0.191 e. The van der Waals surface area contributed by atoms with Crippen LogP contribution in [-0.4, -0.2) is 43.5 Å². The van der Waals surface area contributed by atoms with Crippen molar-refractivity contribution in [3.63, 3.8) is 0 Å². The van der Waals surface area contributed by atoms with Gasteiger partial charge in [-0.05, 0) is 13.0 Å². The molecule has 1 rings (SSSR count). The Bertz CT molecular complexity index is 626. The molecule has 1 aromatic heterocycles. The van der Waals surface area contributed by atoms with Crippen molar-refractivity contribution in [1.29, 1.82) is 0 Å². The van der Waals surface area contributed by atoms with Crippen molar-refractivity contribution in [2.75, 3.05) is 24.6 Å². The van der Waals surface area contributed by atoms with Gasteiger partial charge in [0.15, 0.2) is 15.8 Å². The van der Waals surface area contributed by atoms with Crippen molar-refractivity contribution in [1.82, 2.24) is 15.2 Å². The van der Waals surface area contributed by atoms with Crippen LogP contribution < -0.4 is 10.6 Å². The van der Waals surface area contributed by atoms with Gasteiger partial charge in [0.05, 0.1) is 17.3 Å². The number of nitrogens with one attached hydrogen (secondary N) is 2. The summed E-state index contributed by atoms with van der Waals surface area (Å²) in [4.78, 5) is 4.41. The molecule has 0 atom stereocenters. The molecule has 0 bridgehead atoms. The Morgan fingerprint density at radius 2 is 2.00 bits per heavy atom. The van der Waals surface area contributed by atoms with E-state index in [-0.39, 0.29) is 11.5 Å². The molecule has 22 heavy (non-hydrogen) atoms. The zero-order valence-corrected chi connectivity index (χ0v) is 15.3. The van der Waals surface area contributed by atoms with Crippen LogP contribution in [0.3, 0.4) is 0 Å². The lowest BCUT2D eigenvalue weighted by molar-refractivity contribution is 0.595. The maximum absolute atomic E-state index is 11.5. The third kappa shape index (κ3) is 5.70. The Hall–Kier alpha value is -0.920. The Morgan fingerprint density at radius 1 is 1.32 bits per heavy atom. The Kier molecular flexibility index (Phi) is 7.52. The fourth-order valence-electron chi connectivity index (χ4n) is 1.71. The number of hydrogen-bond donors (Lipinski definition) is 2. The summed E-state index contributed by atoms with van der Waals surface area (Å²) in [5, 5.41) is 7.03. The third-order valence-electron chi connectivity index (χ3n) is 3.10. The summed E-state index contributed by atoms with van der Waals surface area (Å²) in [6, 6.07) is 1.76. The average Bonchev–Trinajstić information content (AvgIpc) is 2.72. The van der Waals surface area contributed by atoms with E-state index in [0.29, 0.717) is 35.8 Å². The number of nitrogens with zero attached hydrogens (tertiary/aromatic N) is 2. The maximum atomic E-state index is 11.5. The van der Waals surface area contributed by atoms with Crippen LogP contribution in [-0.2, 0) is 23.4 Å². The van der Waals surface area contributed by atoms with E-state index in [1.54, 1.807) is 17.6 Å². The number of guanidine groups is 1. The zero-order chi connectivity index (χ0) is 16.8. The van der Waals surface area contributed by atoms with Gasteiger partial charge in [-0.2, -0.15) is 0 Å². The lowest BCUT2D eigenvalue weighted by Crippen LogP contribution is -2.39. The molecule has 0 amide bonds. The molecule has 0 aliphatic heterocycles. The quantitative estimate of drug-likeness (QED) is 0.568. The molecule has 0 aromatic carbocycles. The van der Waals surface area contributed by atoms with Crippen LogP contribution in [0.1, 0.15) is 19.5 Å². The van der Waals surface area contributed by atoms with Gasteiger partial charge < -0.3 is 15.2 Å². The molecule has 0 spiro atoms. The van der Waals surface area contributed by atoms with Gasteiger partial charge >= 0.3 is 0 Å². The Morgan fingerprint density at radius 3 is 2.50 bits per heavy atom. The minimum absolute atomic E-state index is 0.0791. The summed E-state index contributed by atoms with van der Waals surface area (Å²) in [6.45, 7) is 4.96. The van der Waals surface area contributed by atoms with E-state index < -0.39 is 9.84 Å². The second-order valence-corrected chi connectivity index (χ2v) is 7.93. The van der Waals surface area contributed by atoms with Gasteiger partial charge in [-0.25, -0.2) is 13.4 Å². The molecule has 0 aliphatic carbocycles. The van der Waals surface area contributed by atoms with Crippen molar-refractivity contribution in [2.45, 2.75) is 20.4 Å². The summed E-state index contributed by atoms with van der Waals surface area (Å²) >= 11 is 12.0. The SMILES string of the molecule is CCNC(=NCc1cc(Cl)c(Cl)n1C)NCCS(=O)(=O)CC. The first kappa shape index (κ1) is 19.1. The largest absolute Gasteiger partial charge is 0.357 e.